The number of aromatic nitrogens is 5. The number of nitrogens with zero attached hydrogens (tertiary/aromatic N) is 6. The summed E-state index contributed by atoms with van der Waals surface area (Å²) in [4.78, 5) is 31.7. The summed E-state index contributed by atoms with van der Waals surface area (Å²) in [6.45, 7) is -0.0103. The number of benzene rings is 1. The molecule has 5 aromatic rings. The third kappa shape index (κ3) is 4.71. The van der Waals surface area contributed by atoms with E-state index in [-0.39, 0.29) is 42.5 Å². The van der Waals surface area contributed by atoms with Crippen LogP contribution < -0.4 is 4.74 Å². The third-order valence-corrected chi connectivity index (χ3v) is 7.03. The van der Waals surface area contributed by atoms with Gasteiger partial charge in [-0.05, 0) is 24.1 Å². The number of aryl methyl sites for hydroxylation is 1. The van der Waals surface area contributed by atoms with Crippen LogP contribution in [0.3, 0.4) is 0 Å². The molecule has 41 heavy (non-hydrogen) atoms. The summed E-state index contributed by atoms with van der Waals surface area (Å²) in [5.74, 6) is -0.125. The molecule has 4 aromatic heterocycles. The van der Waals surface area contributed by atoms with E-state index in [2.05, 4.69) is 19.9 Å². The molecule has 12 heteroatoms. The fourth-order valence-electron chi connectivity index (χ4n) is 5.15. The molecule has 0 saturated carbocycles. The molecule has 0 radical (unpaired) electrons. The number of halogens is 3. The number of carbonyl (C=O) groups is 1. The second kappa shape index (κ2) is 10.2. The van der Waals surface area contributed by atoms with E-state index in [1.165, 1.54) is 43.0 Å². The van der Waals surface area contributed by atoms with Gasteiger partial charge in [-0.3, -0.25) is 4.79 Å². The van der Waals surface area contributed by atoms with Crippen LogP contribution in [-0.4, -0.2) is 49.0 Å². The topological polar surface area (TPSA) is 99.2 Å². The van der Waals surface area contributed by atoms with E-state index in [0.29, 0.717) is 28.0 Å². The molecule has 0 N–H and O–H groups in total. The molecule has 0 saturated heterocycles. The van der Waals surface area contributed by atoms with E-state index in [1.54, 1.807) is 6.08 Å². The standard InChI is InChI=1S/C29H23F3N6O3/c1-37-24(17-6-4-3-5-7-17)20(23-27(37)33-16-34-28(23)40-2)8-9-22(39)38-12-10-19-21(14-38)35-26(18-11-13-41-15-18)36-25(19)29(30,31)32/h3-9,11,13,15-16H,10,12,14H2,1-2H3/b9-8+. The van der Waals surface area contributed by atoms with Crippen molar-refractivity contribution in [1.29, 1.82) is 0 Å². The Morgan fingerprint density at radius 2 is 1.90 bits per heavy atom. The van der Waals surface area contributed by atoms with Gasteiger partial charge in [0.15, 0.2) is 11.5 Å². The number of ether oxygens (including phenoxy) is 1. The van der Waals surface area contributed by atoms with E-state index in [1.807, 2.05) is 41.9 Å². The van der Waals surface area contributed by atoms with Crippen LogP contribution in [-0.2, 0) is 31.0 Å². The van der Waals surface area contributed by atoms with Gasteiger partial charge in [-0.15, -0.1) is 0 Å². The predicted octanol–water partition coefficient (Wildman–Crippen LogP) is 5.31. The van der Waals surface area contributed by atoms with Crippen molar-refractivity contribution in [3.05, 3.63) is 83.8 Å². The maximum atomic E-state index is 13.9. The number of furan rings is 1. The van der Waals surface area contributed by atoms with Gasteiger partial charge in [-0.25, -0.2) is 19.9 Å². The van der Waals surface area contributed by atoms with Gasteiger partial charge in [-0.2, -0.15) is 13.2 Å². The average molecular weight is 561 g/mol. The van der Waals surface area contributed by atoms with Crippen LogP contribution >= 0.6 is 0 Å². The lowest BCUT2D eigenvalue weighted by molar-refractivity contribution is -0.142. The molecule has 1 aromatic carbocycles. The molecule has 9 nitrogen and oxygen atoms in total. The van der Waals surface area contributed by atoms with E-state index < -0.39 is 11.9 Å². The highest BCUT2D eigenvalue weighted by Crippen LogP contribution is 2.38. The molecule has 0 bridgehead atoms. The van der Waals surface area contributed by atoms with Crippen molar-refractivity contribution in [3.63, 3.8) is 0 Å². The highest BCUT2D eigenvalue weighted by Gasteiger charge is 2.39. The quantitative estimate of drug-likeness (QED) is 0.269. The second-order valence-corrected chi connectivity index (χ2v) is 9.44. The molecular formula is C29H23F3N6O3. The lowest BCUT2D eigenvalue weighted by Gasteiger charge is -2.29. The zero-order valence-electron chi connectivity index (χ0n) is 22.0. The smallest absolute Gasteiger partial charge is 0.433 e. The number of hydrogen-bond acceptors (Lipinski definition) is 7. The first-order valence-electron chi connectivity index (χ1n) is 12.7. The maximum Gasteiger partial charge on any atom is 0.433 e. The van der Waals surface area contributed by atoms with Crippen LogP contribution in [0.15, 0.2) is 65.7 Å². The Morgan fingerprint density at radius 3 is 2.61 bits per heavy atom. The van der Waals surface area contributed by atoms with Crippen LogP contribution in [0.25, 0.3) is 39.8 Å². The largest absolute Gasteiger partial charge is 0.480 e. The predicted molar refractivity (Wildman–Crippen MR) is 143 cm³/mol. The first kappa shape index (κ1) is 26.2. The van der Waals surface area contributed by atoms with Crippen LogP contribution in [0, 0.1) is 0 Å². The van der Waals surface area contributed by atoms with Gasteiger partial charge in [0.05, 0.1) is 42.3 Å². The van der Waals surface area contributed by atoms with Crippen molar-refractivity contribution in [2.24, 2.45) is 7.05 Å². The van der Waals surface area contributed by atoms with Crippen molar-refractivity contribution in [2.45, 2.75) is 19.1 Å². The minimum absolute atomic E-state index is 0.0000712. The Labute approximate surface area is 231 Å². The first-order chi connectivity index (χ1) is 19.8. The van der Waals surface area contributed by atoms with Crippen molar-refractivity contribution < 1.29 is 27.1 Å². The van der Waals surface area contributed by atoms with Gasteiger partial charge in [0.1, 0.15) is 18.2 Å². The van der Waals surface area contributed by atoms with Crippen molar-refractivity contribution in [1.82, 2.24) is 29.4 Å². The zero-order chi connectivity index (χ0) is 28.7. The summed E-state index contributed by atoms with van der Waals surface area (Å²) >= 11 is 0. The summed E-state index contributed by atoms with van der Waals surface area (Å²) in [5.41, 5.74) is 2.50. The lowest BCUT2D eigenvalue weighted by atomic mass is 10.0. The minimum atomic E-state index is -4.67. The fourth-order valence-corrected chi connectivity index (χ4v) is 5.15. The van der Waals surface area contributed by atoms with E-state index in [0.717, 1.165) is 11.3 Å². The number of hydrogen-bond donors (Lipinski definition) is 0. The van der Waals surface area contributed by atoms with Crippen LogP contribution in [0.1, 0.15) is 22.5 Å². The monoisotopic (exact) mass is 560 g/mol. The number of fused-ring (bicyclic) bond motifs is 2. The molecule has 0 aliphatic carbocycles. The average Bonchev–Trinajstić information content (AvgIpc) is 3.62. The summed E-state index contributed by atoms with van der Waals surface area (Å²) in [6.07, 6.45) is 2.41. The molecule has 1 amide bonds. The first-order valence-corrected chi connectivity index (χ1v) is 12.7. The molecule has 1 aliphatic heterocycles. The number of amides is 1. The normalized spacial score (nSPS) is 13.6. The number of carbonyl (C=O) groups excluding carboxylic acids is 1. The van der Waals surface area contributed by atoms with Gasteiger partial charge in [0.25, 0.3) is 0 Å². The molecule has 5 heterocycles. The van der Waals surface area contributed by atoms with E-state index in [4.69, 9.17) is 9.15 Å². The summed E-state index contributed by atoms with van der Waals surface area (Å²) in [7, 11) is 3.38. The van der Waals surface area contributed by atoms with Gasteiger partial charge in [0.2, 0.25) is 11.8 Å². The summed E-state index contributed by atoms with van der Waals surface area (Å²) in [6, 6.07) is 11.1. The number of alkyl halides is 3. The highest BCUT2D eigenvalue weighted by molar-refractivity contribution is 6.02. The van der Waals surface area contributed by atoms with Gasteiger partial charge in [-0.1, -0.05) is 30.3 Å². The Balaban J connectivity index is 1.37. The molecule has 0 atom stereocenters. The van der Waals surface area contributed by atoms with Crippen molar-refractivity contribution >= 4 is 23.0 Å². The fraction of sp³-hybridized carbons (Fsp3) is 0.207. The second-order valence-electron chi connectivity index (χ2n) is 9.44. The number of methoxy groups -OCH3 is 1. The Kier molecular flexibility index (Phi) is 6.52. The van der Waals surface area contributed by atoms with Crippen molar-refractivity contribution in [3.8, 4) is 28.5 Å². The minimum Gasteiger partial charge on any atom is -0.480 e. The third-order valence-electron chi connectivity index (χ3n) is 7.03. The van der Waals surface area contributed by atoms with E-state index in [9.17, 15) is 18.0 Å². The molecule has 6 rings (SSSR count). The highest BCUT2D eigenvalue weighted by atomic mass is 19.4. The molecular weight excluding hydrogens is 537 g/mol. The number of rotatable bonds is 5. The van der Waals surface area contributed by atoms with Crippen LogP contribution in [0.4, 0.5) is 13.2 Å². The van der Waals surface area contributed by atoms with Crippen LogP contribution in [0.5, 0.6) is 5.88 Å². The Morgan fingerprint density at radius 1 is 1.10 bits per heavy atom. The Hall–Kier alpha value is -5.00. The van der Waals surface area contributed by atoms with Gasteiger partial charge in [0, 0.05) is 30.8 Å². The molecule has 208 valence electrons. The summed E-state index contributed by atoms with van der Waals surface area (Å²) < 4.78 is 54.1. The SMILES string of the molecule is COc1ncnc2c1c(/C=C/C(=O)N1CCc3c(nc(-c4ccoc4)nc3C(F)(F)F)C1)c(-c1ccccc1)n2C. The Bertz CT molecular complexity index is 1780. The lowest BCUT2D eigenvalue weighted by Crippen LogP contribution is -2.37. The molecule has 0 spiro atoms. The molecule has 0 fully saturated rings. The van der Waals surface area contributed by atoms with Crippen LogP contribution in [0.2, 0.25) is 0 Å². The van der Waals surface area contributed by atoms with E-state index >= 15 is 0 Å². The van der Waals surface area contributed by atoms with Crippen molar-refractivity contribution in [2.75, 3.05) is 13.7 Å². The zero-order valence-corrected chi connectivity index (χ0v) is 22.0. The summed E-state index contributed by atoms with van der Waals surface area (Å²) in [5, 5.41) is 0.636. The maximum absolute atomic E-state index is 13.9. The molecule has 0 unspecified atom stereocenters. The van der Waals surface area contributed by atoms with Gasteiger partial charge >= 0.3 is 6.18 Å². The molecule has 1 aliphatic rings. The van der Waals surface area contributed by atoms with Gasteiger partial charge < -0.3 is 18.6 Å².